The molecule has 0 aliphatic rings. The Balaban J connectivity index is 1.54. The lowest BCUT2D eigenvalue weighted by Gasteiger charge is -2.14. The average molecular weight is 441 g/mol. The molecule has 1 unspecified atom stereocenters. The number of ether oxygens (including phenoxy) is 1. The number of hydrogen-bond acceptors (Lipinski definition) is 5. The van der Waals surface area contributed by atoms with E-state index in [2.05, 4.69) is 15.5 Å². The molecule has 154 valence electrons. The van der Waals surface area contributed by atoms with Crippen LogP contribution in [0.5, 0.6) is 5.75 Å². The number of methoxy groups -OCH3 is 1. The first-order valence-electron chi connectivity index (χ1n) is 9.46. The molecule has 1 atom stereocenters. The molecule has 0 aliphatic carbocycles. The molecule has 6 nitrogen and oxygen atoms in total. The molecule has 1 N–H and O–H groups in total. The number of aryl methyl sites for hydroxylation is 1. The van der Waals surface area contributed by atoms with E-state index in [0.29, 0.717) is 10.2 Å². The van der Waals surface area contributed by atoms with Gasteiger partial charge in [0, 0.05) is 16.5 Å². The van der Waals surface area contributed by atoms with E-state index in [4.69, 9.17) is 16.3 Å². The second-order valence-electron chi connectivity index (χ2n) is 7.02. The lowest BCUT2D eigenvalue weighted by atomic mass is 10.1. The number of hydrogen-bond donors (Lipinski definition) is 1. The second kappa shape index (κ2) is 8.53. The Kier molecular flexibility index (Phi) is 5.83. The van der Waals surface area contributed by atoms with Gasteiger partial charge in [-0.05, 0) is 55.3 Å². The summed E-state index contributed by atoms with van der Waals surface area (Å²) >= 11 is 7.29. The van der Waals surface area contributed by atoms with Crippen LogP contribution in [-0.4, -0.2) is 33.4 Å². The molecule has 0 spiro atoms. The summed E-state index contributed by atoms with van der Waals surface area (Å²) in [6.07, 6.45) is 0. The molecule has 0 radical (unpaired) electrons. The van der Waals surface area contributed by atoms with Crippen molar-refractivity contribution < 1.29 is 9.53 Å². The minimum absolute atomic E-state index is 0.0757. The number of amides is 1. The number of pyridine rings is 1. The number of benzene rings is 2. The highest BCUT2D eigenvalue weighted by Crippen LogP contribution is 2.28. The van der Waals surface area contributed by atoms with E-state index in [1.54, 1.807) is 7.11 Å². The van der Waals surface area contributed by atoms with Crippen LogP contribution in [0.4, 0.5) is 0 Å². The molecule has 8 heteroatoms. The highest BCUT2D eigenvalue weighted by molar-refractivity contribution is 7.99. The summed E-state index contributed by atoms with van der Waals surface area (Å²) in [4.78, 5) is 12.5. The first-order chi connectivity index (χ1) is 14.5. The summed E-state index contributed by atoms with van der Waals surface area (Å²) in [5, 5.41) is 14.0. The van der Waals surface area contributed by atoms with Crippen molar-refractivity contribution in [1.82, 2.24) is 19.9 Å². The summed E-state index contributed by atoms with van der Waals surface area (Å²) in [6.45, 7) is 3.99. The maximum atomic E-state index is 12.5. The number of fused-ring (bicyclic) bond motifs is 3. The summed E-state index contributed by atoms with van der Waals surface area (Å²) in [5.74, 6) is 0.916. The van der Waals surface area contributed by atoms with Crippen LogP contribution < -0.4 is 10.1 Å². The molecule has 0 bridgehead atoms. The third-order valence-corrected chi connectivity index (χ3v) is 6.14. The molecule has 1 amide bonds. The zero-order valence-corrected chi connectivity index (χ0v) is 18.4. The van der Waals surface area contributed by atoms with Crippen molar-refractivity contribution in [2.75, 3.05) is 12.9 Å². The van der Waals surface area contributed by atoms with Crippen molar-refractivity contribution in [1.29, 1.82) is 0 Å². The molecular weight excluding hydrogens is 420 g/mol. The number of nitrogens with zero attached hydrogens (tertiary/aromatic N) is 3. The number of thioether (sulfide) groups is 1. The molecular formula is C22H21ClN4O2S. The van der Waals surface area contributed by atoms with Crippen LogP contribution in [0.1, 0.15) is 24.1 Å². The van der Waals surface area contributed by atoms with Gasteiger partial charge in [-0.3, -0.25) is 9.20 Å². The lowest BCUT2D eigenvalue weighted by molar-refractivity contribution is -0.119. The van der Waals surface area contributed by atoms with Crippen LogP contribution in [0, 0.1) is 6.92 Å². The van der Waals surface area contributed by atoms with Crippen LogP contribution in [0.2, 0.25) is 5.02 Å². The number of aromatic nitrogens is 3. The Morgan fingerprint density at radius 1 is 1.20 bits per heavy atom. The van der Waals surface area contributed by atoms with Crippen molar-refractivity contribution in [2.45, 2.75) is 25.0 Å². The number of rotatable bonds is 6. The van der Waals surface area contributed by atoms with Gasteiger partial charge in [0.05, 0.1) is 24.4 Å². The minimum atomic E-state index is -0.113. The maximum Gasteiger partial charge on any atom is 0.230 e. The van der Waals surface area contributed by atoms with E-state index in [1.165, 1.54) is 11.8 Å². The third kappa shape index (κ3) is 4.08. The molecule has 0 saturated carbocycles. The van der Waals surface area contributed by atoms with E-state index >= 15 is 0 Å². The molecule has 2 heterocycles. The van der Waals surface area contributed by atoms with Crippen LogP contribution in [0.15, 0.2) is 53.7 Å². The number of halogens is 1. The Hall–Kier alpha value is -2.77. The Morgan fingerprint density at radius 2 is 1.97 bits per heavy atom. The van der Waals surface area contributed by atoms with Gasteiger partial charge in [0.25, 0.3) is 0 Å². The quantitative estimate of drug-likeness (QED) is 0.435. The predicted octanol–water partition coefficient (Wildman–Crippen LogP) is 4.82. The highest BCUT2D eigenvalue weighted by Gasteiger charge is 2.15. The van der Waals surface area contributed by atoms with Crippen LogP contribution in [-0.2, 0) is 4.79 Å². The van der Waals surface area contributed by atoms with E-state index in [0.717, 1.165) is 33.4 Å². The van der Waals surface area contributed by atoms with Crippen LogP contribution in [0.25, 0.3) is 16.6 Å². The summed E-state index contributed by atoms with van der Waals surface area (Å²) in [5.41, 5.74) is 3.80. The zero-order valence-electron chi connectivity index (χ0n) is 16.8. The Morgan fingerprint density at radius 3 is 2.70 bits per heavy atom. The summed E-state index contributed by atoms with van der Waals surface area (Å²) in [7, 11) is 1.64. The van der Waals surface area contributed by atoms with E-state index in [9.17, 15) is 4.79 Å². The van der Waals surface area contributed by atoms with E-state index in [1.807, 2.05) is 66.8 Å². The molecule has 2 aromatic heterocycles. The van der Waals surface area contributed by atoms with Gasteiger partial charge in [-0.2, -0.15) is 0 Å². The van der Waals surface area contributed by atoms with E-state index in [-0.39, 0.29) is 17.7 Å². The predicted molar refractivity (Wildman–Crippen MR) is 121 cm³/mol. The third-order valence-electron chi connectivity index (χ3n) is 4.95. The Bertz CT molecular complexity index is 1220. The molecule has 4 rings (SSSR count). The fourth-order valence-corrected chi connectivity index (χ4v) is 4.26. The molecule has 4 aromatic rings. The fraction of sp³-hybridized carbons (Fsp3) is 0.227. The van der Waals surface area contributed by atoms with Gasteiger partial charge >= 0.3 is 0 Å². The zero-order chi connectivity index (χ0) is 21.3. The first-order valence-corrected chi connectivity index (χ1v) is 10.8. The topological polar surface area (TPSA) is 68.5 Å². The van der Waals surface area contributed by atoms with Crippen LogP contribution in [0.3, 0.4) is 0 Å². The lowest BCUT2D eigenvalue weighted by Crippen LogP contribution is -2.28. The van der Waals surface area contributed by atoms with Gasteiger partial charge in [-0.15, -0.1) is 10.2 Å². The molecule has 0 fully saturated rings. The molecule has 0 saturated heterocycles. The standard InChI is InChI=1S/C22H21ClN4O2S/c1-13-10-20-25-26-22(27(20)19-11-17(29-3)8-9-18(13)19)30-12-21(28)24-14(2)15-4-6-16(23)7-5-15/h4-11,14H,12H2,1-3H3,(H,24,28). The highest BCUT2D eigenvalue weighted by atomic mass is 35.5. The van der Waals surface area contributed by atoms with Gasteiger partial charge in [0.1, 0.15) is 5.75 Å². The smallest absolute Gasteiger partial charge is 0.230 e. The van der Waals surface area contributed by atoms with Gasteiger partial charge in [-0.1, -0.05) is 35.5 Å². The van der Waals surface area contributed by atoms with E-state index < -0.39 is 0 Å². The largest absolute Gasteiger partial charge is 0.497 e. The number of nitrogens with one attached hydrogen (secondary N) is 1. The van der Waals surface area contributed by atoms with Gasteiger partial charge < -0.3 is 10.1 Å². The van der Waals surface area contributed by atoms with Crippen molar-refractivity contribution in [3.63, 3.8) is 0 Å². The fourth-order valence-electron chi connectivity index (χ4n) is 3.37. The molecule has 2 aromatic carbocycles. The Labute approximate surface area is 183 Å². The number of carbonyl (C=O) groups excluding carboxylic acids is 1. The average Bonchev–Trinajstić information content (AvgIpc) is 3.15. The molecule has 30 heavy (non-hydrogen) atoms. The van der Waals surface area contributed by atoms with Gasteiger partial charge in [0.15, 0.2) is 10.8 Å². The molecule has 0 aliphatic heterocycles. The maximum absolute atomic E-state index is 12.5. The van der Waals surface area contributed by atoms with Crippen molar-refractivity contribution in [3.8, 4) is 5.75 Å². The summed E-state index contributed by atoms with van der Waals surface area (Å²) < 4.78 is 7.35. The first kappa shape index (κ1) is 20.5. The van der Waals surface area contributed by atoms with Crippen molar-refractivity contribution >= 4 is 45.8 Å². The second-order valence-corrected chi connectivity index (χ2v) is 8.39. The summed E-state index contributed by atoms with van der Waals surface area (Å²) in [6, 6.07) is 15.3. The van der Waals surface area contributed by atoms with Gasteiger partial charge in [-0.25, -0.2) is 0 Å². The van der Waals surface area contributed by atoms with Crippen molar-refractivity contribution in [2.24, 2.45) is 0 Å². The van der Waals surface area contributed by atoms with Crippen molar-refractivity contribution in [3.05, 3.63) is 64.7 Å². The SMILES string of the molecule is COc1ccc2c(C)cc3nnc(SCC(=O)NC(C)c4ccc(Cl)cc4)n3c2c1. The minimum Gasteiger partial charge on any atom is -0.497 e. The van der Waals surface area contributed by atoms with Gasteiger partial charge in [0.2, 0.25) is 5.91 Å². The monoisotopic (exact) mass is 440 g/mol. The number of carbonyl (C=O) groups is 1. The normalized spacial score (nSPS) is 12.3. The van der Waals surface area contributed by atoms with Crippen LogP contribution >= 0.6 is 23.4 Å².